The molecule has 2 rings (SSSR count). The summed E-state index contributed by atoms with van der Waals surface area (Å²) in [6.45, 7) is 15.4. The average molecular weight is 694 g/mol. The van der Waals surface area contributed by atoms with Gasteiger partial charge in [0.2, 0.25) is 0 Å². The summed E-state index contributed by atoms with van der Waals surface area (Å²) in [4.78, 5) is 42.3. The number of benzene rings is 2. The van der Waals surface area contributed by atoms with E-state index < -0.39 is 17.3 Å². The van der Waals surface area contributed by atoms with Crippen LogP contribution in [0.15, 0.2) is 53.5 Å². The minimum Gasteiger partial charge on any atom is -0.489 e. The quantitative estimate of drug-likeness (QED) is 0.0816. The number of carbonyl (C=O) groups excluding carboxylic acids is 3. The molecular weight excluding hydrogens is 634 g/mol. The zero-order valence-corrected chi connectivity index (χ0v) is 31.4. The third kappa shape index (κ3) is 18.4. The van der Waals surface area contributed by atoms with Crippen molar-refractivity contribution in [3.8, 4) is 5.75 Å². The van der Waals surface area contributed by atoms with E-state index in [1.54, 1.807) is 25.7 Å². The number of ether oxygens (including phenoxy) is 3. The van der Waals surface area contributed by atoms with Crippen LogP contribution in [0.2, 0.25) is 0 Å². The van der Waals surface area contributed by atoms with Gasteiger partial charge in [-0.15, -0.1) is 0 Å². The van der Waals surface area contributed by atoms with Crippen LogP contribution in [-0.4, -0.2) is 67.3 Å². The fourth-order valence-electron chi connectivity index (χ4n) is 4.86. The first-order valence-corrected chi connectivity index (χ1v) is 17.6. The van der Waals surface area contributed by atoms with E-state index in [1.807, 2.05) is 71.2 Å². The lowest BCUT2D eigenvalue weighted by Gasteiger charge is -2.21. The molecule has 0 unspecified atom stereocenters. The molecule has 276 valence electrons. The number of aliphatic imine (C=N–C) groups is 1. The van der Waals surface area contributed by atoms with E-state index in [9.17, 15) is 14.4 Å². The van der Waals surface area contributed by atoms with E-state index >= 15 is 0 Å². The Balaban J connectivity index is 1.96. The number of hydrogen-bond donors (Lipinski definition) is 3. The predicted octanol–water partition coefficient (Wildman–Crippen LogP) is 8.15. The molecule has 2 aromatic carbocycles. The topological polar surface area (TPSA) is 131 Å². The molecule has 11 nitrogen and oxygen atoms in total. The van der Waals surface area contributed by atoms with Gasteiger partial charge in [0.15, 0.2) is 0 Å². The molecule has 0 saturated heterocycles. The van der Waals surface area contributed by atoms with Gasteiger partial charge in [0.1, 0.15) is 29.9 Å². The van der Waals surface area contributed by atoms with Gasteiger partial charge >= 0.3 is 18.2 Å². The summed E-state index contributed by atoms with van der Waals surface area (Å²) >= 11 is 0. The standard InChI is InChI=1S/C39H59N5O6/c1-30-21-22-32(27-40-8)34(26-30)48-28-33-19-14-13-18-31(33)20-17-25-44(35(45)42-29-43-37(47)50-39(5,6)7)24-16-12-10-9-11-15-23-41-36(46)49-38(2,3)4/h13-14,17-22,26,29,40H,9-12,15-16,23-25,27-28H2,1-8H3,(H,41,46)(H,42,43,45,47)/b20-17+. The van der Waals surface area contributed by atoms with Gasteiger partial charge in [0.25, 0.3) is 0 Å². The molecule has 0 bridgehead atoms. The van der Waals surface area contributed by atoms with Crippen molar-refractivity contribution in [3.63, 3.8) is 0 Å². The monoisotopic (exact) mass is 693 g/mol. The van der Waals surface area contributed by atoms with Crippen LogP contribution in [0.25, 0.3) is 6.08 Å². The lowest BCUT2D eigenvalue weighted by atomic mass is 10.1. The third-order valence-electron chi connectivity index (χ3n) is 7.21. The Kier molecular flexibility index (Phi) is 18.1. The molecule has 0 spiro atoms. The lowest BCUT2D eigenvalue weighted by molar-refractivity contribution is 0.0525. The molecule has 0 aliphatic rings. The molecule has 0 aliphatic heterocycles. The van der Waals surface area contributed by atoms with Gasteiger partial charge in [-0.2, -0.15) is 4.99 Å². The van der Waals surface area contributed by atoms with Crippen molar-refractivity contribution >= 4 is 30.6 Å². The Morgan fingerprint density at radius 3 is 2.24 bits per heavy atom. The Hall–Kier alpha value is -4.38. The third-order valence-corrected chi connectivity index (χ3v) is 7.21. The largest absolute Gasteiger partial charge is 0.489 e. The SMILES string of the molecule is CNCc1ccc(C)cc1OCc1ccccc1/C=C/CN(CCCCCCCCNC(=O)OC(C)(C)C)C(=O)NC=NC(=O)OC(C)(C)C. The molecule has 2 aromatic rings. The maximum atomic E-state index is 13.1. The number of nitrogens with one attached hydrogen (secondary N) is 3. The number of unbranched alkanes of at least 4 members (excludes halogenated alkanes) is 5. The van der Waals surface area contributed by atoms with Crippen molar-refractivity contribution in [2.75, 3.05) is 26.7 Å². The van der Waals surface area contributed by atoms with Crippen molar-refractivity contribution in [3.05, 3.63) is 70.8 Å². The highest BCUT2D eigenvalue weighted by atomic mass is 16.6. The summed E-state index contributed by atoms with van der Waals surface area (Å²) in [7, 11) is 1.91. The second-order valence-electron chi connectivity index (χ2n) is 14.2. The van der Waals surface area contributed by atoms with E-state index in [2.05, 4.69) is 39.1 Å². The van der Waals surface area contributed by atoms with Crippen LogP contribution in [-0.2, 0) is 22.6 Å². The maximum absolute atomic E-state index is 13.1. The van der Waals surface area contributed by atoms with Gasteiger partial charge < -0.3 is 29.7 Å². The summed E-state index contributed by atoms with van der Waals surface area (Å²) in [6, 6.07) is 13.9. The van der Waals surface area contributed by atoms with Crippen LogP contribution in [0.5, 0.6) is 5.75 Å². The number of urea groups is 1. The van der Waals surface area contributed by atoms with Crippen molar-refractivity contribution < 1.29 is 28.6 Å². The normalized spacial score (nSPS) is 11.8. The minimum atomic E-state index is -0.770. The Labute approximate surface area is 299 Å². The second kappa shape index (κ2) is 21.7. The molecular formula is C39H59N5O6. The van der Waals surface area contributed by atoms with Crippen molar-refractivity contribution in [1.29, 1.82) is 0 Å². The lowest BCUT2D eigenvalue weighted by Crippen LogP contribution is -2.40. The van der Waals surface area contributed by atoms with Crippen LogP contribution in [0, 0.1) is 6.92 Å². The van der Waals surface area contributed by atoms with Crippen molar-refractivity contribution in [2.45, 2.75) is 111 Å². The van der Waals surface area contributed by atoms with Crippen LogP contribution in [0.4, 0.5) is 14.4 Å². The van der Waals surface area contributed by atoms with Gasteiger partial charge in [-0.05, 0) is 91.1 Å². The summed E-state index contributed by atoms with van der Waals surface area (Å²) in [5.41, 5.74) is 3.08. The van der Waals surface area contributed by atoms with Gasteiger partial charge in [-0.3, -0.25) is 5.32 Å². The molecule has 0 aromatic heterocycles. The van der Waals surface area contributed by atoms with E-state index in [0.29, 0.717) is 32.8 Å². The van der Waals surface area contributed by atoms with Crippen molar-refractivity contribution in [2.24, 2.45) is 4.99 Å². The first kappa shape index (κ1) is 41.8. The van der Waals surface area contributed by atoms with E-state index in [4.69, 9.17) is 14.2 Å². The minimum absolute atomic E-state index is 0.358. The van der Waals surface area contributed by atoms with E-state index in [0.717, 1.165) is 72.9 Å². The molecule has 0 radical (unpaired) electrons. The van der Waals surface area contributed by atoms with E-state index in [-0.39, 0.29) is 12.1 Å². The van der Waals surface area contributed by atoms with Gasteiger partial charge in [-0.25, -0.2) is 14.4 Å². The fourth-order valence-corrected chi connectivity index (χ4v) is 4.86. The molecule has 0 aliphatic carbocycles. The highest BCUT2D eigenvalue weighted by Crippen LogP contribution is 2.23. The first-order chi connectivity index (χ1) is 23.7. The number of carbonyl (C=O) groups is 3. The number of nitrogens with zero attached hydrogens (tertiary/aromatic N) is 2. The predicted molar refractivity (Wildman–Crippen MR) is 201 cm³/mol. The highest BCUT2D eigenvalue weighted by molar-refractivity contribution is 5.90. The molecule has 0 fully saturated rings. The molecule has 3 N–H and O–H groups in total. The van der Waals surface area contributed by atoms with Crippen LogP contribution in [0.3, 0.4) is 0 Å². The van der Waals surface area contributed by atoms with Crippen LogP contribution < -0.4 is 20.7 Å². The Morgan fingerprint density at radius 2 is 1.54 bits per heavy atom. The highest BCUT2D eigenvalue weighted by Gasteiger charge is 2.17. The van der Waals surface area contributed by atoms with Gasteiger partial charge in [0.05, 0.1) is 0 Å². The zero-order valence-electron chi connectivity index (χ0n) is 31.4. The number of amides is 4. The van der Waals surface area contributed by atoms with Gasteiger partial charge in [-0.1, -0.05) is 74.2 Å². The summed E-state index contributed by atoms with van der Waals surface area (Å²) in [5, 5.41) is 8.59. The number of alkyl carbamates (subject to hydrolysis) is 1. The molecule has 0 heterocycles. The fraction of sp³-hybridized carbons (Fsp3) is 0.538. The molecule has 50 heavy (non-hydrogen) atoms. The molecule has 4 amide bonds. The van der Waals surface area contributed by atoms with Gasteiger partial charge in [0, 0.05) is 31.7 Å². The summed E-state index contributed by atoms with van der Waals surface area (Å²) in [5.74, 6) is 0.853. The number of aryl methyl sites for hydroxylation is 1. The van der Waals surface area contributed by atoms with E-state index in [1.165, 1.54) is 0 Å². The molecule has 0 atom stereocenters. The average Bonchev–Trinajstić information content (AvgIpc) is 3.02. The second-order valence-corrected chi connectivity index (χ2v) is 14.2. The smallest absolute Gasteiger partial charge is 0.435 e. The number of rotatable bonds is 18. The summed E-state index contributed by atoms with van der Waals surface area (Å²) in [6.07, 6.45) is 9.57. The Bertz CT molecular complexity index is 1410. The molecule has 11 heteroatoms. The summed E-state index contributed by atoms with van der Waals surface area (Å²) < 4.78 is 16.7. The van der Waals surface area contributed by atoms with Crippen molar-refractivity contribution in [1.82, 2.24) is 20.9 Å². The first-order valence-electron chi connectivity index (χ1n) is 17.6. The van der Waals surface area contributed by atoms with Crippen LogP contribution in [0.1, 0.15) is 102 Å². The maximum Gasteiger partial charge on any atom is 0.435 e. The number of hydrogen-bond acceptors (Lipinski definition) is 7. The van der Waals surface area contributed by atoms with Crippen LogP contribution >= 0.6 is 0 Å². The molecule has 0 saturated carbocycles. The zero-order chi connectivity index (χ0) is 37.0. The Morgan fingerprint density at radius 1 is 0.860 bits per heavy atom.